The smallest absolute Gasteiger partial charge is 0.407 e. The van der Waals surface area contributed by atoms with Crippen LogP contribution in [0.15, 0.2) is 12.7 Å². The molecule has 1 rings (SSSR count). The summed E-state index contributed by atoms with van der Waals surface area (Å²) in [5, 5.41) is 11.5. The fraction of sp³-hybridized carbons (Fsp3) is 0.667. The van der Waals surface area contributed by atoms with Gasteiger partial charge in [-0.2, -0.15) is 0 Å². The lowest BCUT2D eigenvalue weighted by atomic mass is 9.82. The standard InChI is InChI=1S/C12H19NO4/c1-2-7-17-12(16)13-8-9-3-5-10(6-4-9)11(14)15/h2,9-10H,1,3-8H2,(H,13,16)(H,14,15). The number of alkyl carbamates (subject to hydrolysis) is 1. The molecule has 1 amide bonds. The highest BCUT2D eigenvalue weighted by Gasteiger charge is 2.25. The number of carbonyl (C=O) groups is 2. The summed E-state index contributed by atoms with van der Waals surface area (Å²) in [6, 6.07) is 0. The Balaban J connectivity index is 2.15. The van der Waals surface area contributed by atoms with Gasteiger partial charge >= 0.3 is 12.1 Å². The quantitative estimate of drug-likeness (QED) is 0.719. The summed E-state index contributed by atoms with van der Waals surface area (Å²) in [6.07, 6.45) is 4.16. The van der Waals surface area contributed by atoms with E-state index < -0.39 is 12.1 Å². The van der Waals surface area contributed by atoms with Crippen molar-refractivity contribution in [3.63, 3.8) is 0 Å². The van der Waals surface area contributed by atoms with Gasteiger partial charge in [-0.25, -0.2) is 4.79 Å². The minimum absolute atomic E-state index is 0.206. The first-order chi connectivity index (χ1) is 8.13. The molecule has 17 heavy (non-hydrogen) atoms. The summed E-state index contributed by atoms with van der Waals surface area (Å²) < 4.78 is 4.78. The molecular formula is C12H19NO4. The van der Waals surface area contributed by atoms with Crippen LogP contribution in [0.2, 0.25) is 0 Å². The minimum Gasteiger partial charge on any atom is -0.481 e. The van der Waals surface area contributed by atoms with Crippen molar-refractivity contribution in [1.29, 1.82) is 0 Å². The number of carboxylic acid groups (broad SMARTS) is 1. The van der Waals surface area contributed by atoms with Gasteiger partial charge < -0.3 is 15.2 Å². The van der Waals surface area contributed by atoms with Gasteiger partial charge in [0.05, 0.1) is 5.92 Å². The predicted octanol–water partition coefficient (Wildman–Crippen LogP) is 1.79. The van der Waals surface area contributed by atoms with Crippen molar-refractivity contribution in [2.75, 3.05) is 13.2 Å². The van der Waals surface area contributed by atoms with Crippen LogP contribution in [0.3, 0.4) is 0 Å². The molecule has 0 bridgehead atoms. The Labute approximate surface area is 101 Å². The summed E-state index contributed by atoms with van der Waals surface area (Å²) in [5.41, 5.74) is 0. The maximum Gasteiger partial charge on any atom is 0.407 e. The molecule has 0 unspecified atom stereocenters. The second kappa shape index (κ2) is 6.93. The Morgan fingerprint density at radius 1 is 1.35 bits per heavy atom. The first kappa shape index (κ1) is 13.5. The Kier molecular flexibility index (Phi) is 5.52. The van der Waals surface area contributed by atoms with Crippen LogP contribution < -0.4 is 5.32 Å². The Hall–Kier alpha value is -1.52. The van der Waals surface area contributed by atoms with Crippen molar-refractivity contribution in [2.45, 2.75) is 25.7 Å². The van der Waals surface area contributed by atoms with Crippen LogP contribution in [-0.4, -0.2) is 30.3 Å². The van der Waals surface area contributed by atoms with E-state index in [0.29, 0.717) is 25.3 Å². The third-order valence-corrected chi connectivity index (χ3v) is 3.06. The van der Waals surface area contributed by atoms with Gasteiger partial charge in [-0.15, -0.1) is 0 Å². The maximum absolute atomic E-state index is 11.1. The van der Waals surface area contributed by atoms with Gasteiger partial charge in [0, 0.05) is 6.54 Å². The van der Waals surface area contributed by atoms with E-state index in [4.69, 9.17) is 9.84 Å². The SMILES string of the molecule is C=CCOC(=O)NCC1CCC(C(=O)O)CC1. The number of nitrogens with one attached hydrogen (secondary N) is 1. The molecule has 1 aliphatic carbocycles. The van der Waals surface area contributed by atoms with Crippen molar-refractivity contribution in [3.8, 4) is 0 Å². The summed E-state index contributed by atoms with van der Waals surface area (Å²) in [7, 11) is 0. The lowest BCUT2D eigenvalue weighted by molar-refractivity contribution is -0.143. The molecule has 0 spiro atoms. The number of hydrogen-bond acceptors (Lipinski definition) is 3. The van der Waals surface area contributed by atoms with E-state index in [2.05, 4.69) is 11.9 Å². The van der Waals surface area contributed by atoms with Gasteiger partial charge in [-0.05, 0) is 31.6 Å². The van der Waals surface area contributed by atoms with Crippen LogP contribution in [0, 0.1) is 11.8 Å². The van der Waals surface area contributed by atoms with Gasteiger partial charge in [-0.3, -0.25) is 4.79 Å². The first-order valence-corrected chi connectivity index (χ1v) is 5.87. The molecule has 0 aromatic rings. The maximum atomic E-state index is 11.1. The Bertz CT molecular complexity index is 282. The van der Waals surface area contributed by atoms with Gasteiger partial charge in [0.15, 0.2) is 0 Å². The third kappa shape index (κ3) is 4.89. The van der Waals surface area contributed by atoms with E-state index in [9.17, 15) is 9.59 Å². The molecule has 1 aliphatic rings. The molecule has 1 fully saturated rings. The average molecular weight is 241 g/mol. The van der Waals surface area contributed by atoms with Gasteiger partial charge in [0.25, 0.3) is 0 Å². The van der Waals surface area contributed by atoms with Crippen LogP contribution >= 0.6 is 0 Å². The van der Waals surface area contributed by atoms with Gasteiger partial charge in [0.2, 0.25) is 0 Å². The van der Waals surface area contributed by atoms with Crippen LogP contribution in [0.5, 0.6) is 0 Å². The monoisotopic (exact) mass is 241 g/mol. The number of amides is 1. The molecule has 0 radical (unpaired) electrons. The van der Waals surface area contributed by atoms with E-state index >= 15 is 0 Å². The van der Waals surface area contributed by atoms with Crippen molar-refractivity contribution in [2.24, 2.45) is 11.8 Å². The molecule has 96 valence electrons. The highest BCUT2D eigenvalue weighted by Crippen LogP contribution is 2.28. The Morgan fingerprint density at radius 3 is 2.53 bits per heavy atom. The second-order valence-electron chi connectivity index (χ2n) is 4.32. The van der Waals surface area contributed by atoms with E-state index in [0.717, 1.165) is 12.8 Å². The van der Waals surface area contributed by atoms with Crippen molar-refractivity contribution >= 4 is 12.1 Å². The highest BCUT2D eigenvalue weighted by molar-refractivity contribution is 5.70. The predicted molar refractivity (Wildman–Crippen MR) is 62.6 cm³/mol. The van der Waals surface area contributed by atoms with E-state index in [1.54, 1.807) is 0 Å². The molecule has 5 nitrogen and oxygen atoms in total. The summed E-state index contributed by atoms with van der Waals surface area (Å²) in [4.78, 5) is 21.9. The first-order valence-electron chi connectivity index (χ1n) is 5.87. The average Bonchev–Trinajstić information content (AvgIpc) is 2.34. The normalized spacial score (nSPS) is 23.8. The number of ether oxygens (including phenoxy) is 1. The number of rotatable bonds is 5. The van der Waals surface area contributed by atoms with Crippen LogP contribution in [0.4, 0.5) is 4.79 Å². The third-order valence-electron chi connectivity index (χ3n) is 3.06. The van der Waals surface area contributed by atoms with Crippen molar-refractivity contribution in [3.05, 3.63) is 12.7 Å². The van der Waals surface area contributed by atoms with Crippen molar-refractivity contribution in [1.82, 2.24) is 5.32 Å². The number of hydrogen-bond donors (Lipinski definition) is 2. The molecular weight excluding hydrogens is 222 g/mol. The number of carboxylic acids is 1. The molecule has 0 aliphatic heterocycles. The van der Waals surface area contributed by atoms with Crippen LogP contribution in [0.1, 0.15) is 25.7 Å². The minimum atomic E-state index is -0.707. The largest absolute Gasteiger partial charge is 0.481 e. The zero-order chi connectivity index (χ0) is 12.7. The fourth-order valence-corrected chi connectivity index (χ4v) is 2.03. The molecule has 0 saturated heterocycles. The lowest BCUT2D eigenvalue weighted by Gasteiger charge is -2.25. The van der Waals surface area contributed by atoms with E-state index in [1.807, 2.05) is 0 Å². The molecule has 2 N–H and O–H groups in total. The molecule has 0 aromatic heterocycles. The van der Waals surface area contributed by atoms with Crippen LogP contribution in [0.25, 0.3) is 0 Å². The van der Waals surface area contributed by atoms with E-state index in [1.165, 1.54) is 6.08 Å². The van der Waals surface area contributed by atoms with Gasteiger partial charge in [-0.1, -0.05) is 12.7 Å². The van der Waals surface area contributed by atoms with Crippen LogP contribution in [-0.2, 0) is 9.53 Å². The zero-order valence-electron chi connectivity index (χ0n) is 9.85. The molecule has 5 heteroatoms. The number of carbonyl (C=O) groups excluding carboxylic acids is 1. The zero-order valence-corrected chi connectivity index (χ0v) is 9.85. The molecule has 1 saturated carbocycles. The molecule has 0 aromatic carbocycles. The van der Waals surface area contributed by atoms with Gasteiger partial charge in [0.1, 0.15) is 6.61 Å². The van der Waals surface area contributed by atoms with E-state index in [-0.39, 0.29) is 12.5 Å². The fourth-order valence-electron chi connectivity index (χ4n) is 2.03. The number of aliphatic carboxylic acids is 1. The second-order valence-corrected chi connectivity index (χ2v) is 4.32. The Morgan fingerprint density at radius 2 is 2.00 bits per heavy atom. The summed E-state index contributed by atoms with van der Waals surface area (Å²) >= 11 is 0. The molecule has 0 heterocycles. The summed E-state index contributed by atoms with van der Waals surface area (Å²) in [6.45, 7) is 4.21. The lowest BCUT2D eigenvalue weighted by Crippen LogP contribution is -2.32. The highest BCUT2D eigenvalue weighted by atomic mass is 16.5. The molecule has 0 atom stereocenters. The summed E-state index contributed by atoms with van der Waals surface area (Å²) in [5.74, 6) is -0.553. The van der Waals surface area contributed by atoms with Crippen molar-refractivity contribution < 1.29 is 19.4 Å². The topological polar surface area (TPSA) is 75.6 Å².